The molecule has 0 saturated carbocycles. The number of rotatable bonds is 6. The molecule has 0 aliphatic rings. The first-order valence-corrected chi connectivity index (χ1v) is 6.31. The molecule has 88 valence electrons. The quantitative estimate of drug-likeness (QED) is 0.700. The molecule has 0 aliphatic heterocycles. The number of alkyl halides is 1. The van der Waals surface area contributed by atoms with E-state index in [9.17, 15) is 0 Å². The molecule has 0 atom stereocenters. The summed E-state index contributed by atoms with van der Waals surface area (Å²) in [5, 5.41) is 0. The van der Waals surface area contributed by atoms with Gasteiger partial charge in [-0.1, -0.05) is 41.9 Å². The SMILES string of the molecule is C/C(=C/Cl)CN(CCCl)Cc1ccccc1. The Kier molecular flexibility index (Phi) is 6.55. The van der Waals surface area contributed by atoms with E-state index < -0.39 is 0 Å². The van der Waals surface area contributed by atoms with Gasteiger partial charge in [0.1, 0.15) is 0 Å². The van der Waals surface area contributed by atoms with E-state index in [1.807, 2.05) is 13.0 Å². The van der Waals surface area contributed by atoms with Crippen LogP contribution in [0.4, 0.5) is 0 Å². The van der Waals surface area contributed by atoms with Crippen LogP contribution in [0, 0.1) is 0 Å². The van der Waals surface area contributed by atoms with Gasteiger partial charge in [0.15, 0.2) is 0 Å². The van der Waals surface area contributed by atoms with Crippen molar-refractivity contribution < 1.29 is 0 Å². The van der Waals surface area contributed by atoms with Gasteiger partial charge in [0.25, 0.3) is 0 Å². The Morgan fingerprint density at radius 1 is 1.31 bits per heavy atom. The topological polar surface area (TPSA) is 3.24 Å². The fourth-order valence-corrected chi connectivity index (χ4v) is 1.87. The Labute approximate surface area is 108 Å². The van der Waals surface area contributed by atoms with Crippen LogP contribution in [-0.2, 0) is 6.54 Å². The molecule has 0 aliphatic carbocycles. The highest BCUT2D eigenvalue weighted by molar-refractivity contribution is 6.25. The highest BCUT2D eigenvalue weighted by Gasteiger charge is 2.05. The van der Waals surface area contributed by atoms with Crippen molar-refractivity contribution in [3.8, 4) is 0 Å². The summed E-state index contributed by atoms with van der Waals surface area (Å²) < 4.78 is 0. The van der Waals surface area contributed by atoms with Crippen molar-refractivity contribution in [3.63, 3.8) is 0 Å². The fraction of sp³-hybridized carbons (Fsp3) is 0.385. The molecule has 3 heteroatoms. The van der Waals surface area contributed by atoms with Crippen molar-refractivity contribution in [2.75, 3.05) is 19.0 Å². The Balaban J connectivity index is 2.57. The number of nitrogens with zero attached hydrogens (tertiary/aromatic N) is 1. The molecular weight excluding hydrogens is 241 g/mol. The lowest BCUT2D eigenvalue weighted by Gasteiger charge is -2.21. The maximum absolute atomic E-state index is 5.80. The van der Waals surface area contributed by atoms with Gasteiger partial charge >= 0.3 is 0 Å². The predicted molar refractivity (Wildman–Crippen MR) is 72.0 cm³/mol. The number of hydrogen-bond acceptors (Lipinski definition) is 1. The third-order valence-electron chi connectivity index (χ3n) is 2.31. The summed E-state index contributed by atoms with van der Waals surface area (Å²) in [5.74, 6) is 0.641. The van der Waals surface area contributed by atoms with E-state index in [2.05, 4.69) is 29.2 Å². The molecule has 0 aromatic heterocycles. The van der Waals surface area contributed by atoms with Crippen molar-refractivity contribution >= 4 is 23.2 Å². The van der Waals surface area contributed by atoms with Gasteiger partial charge in [0.05, 0.1) is 0 Å². The lowest BCUT2D eigenvalue weighted by molar-refractivity contribution is 0.306. The first-order chi connectivity index (χ1) is 7.76. The second-order valence-electron chi connectivity index (χ2n) is 3.84. The average Bonchev–Trinajstić information content (AvgIpc) is 2.30. The van der Waals surface area contributed by atoms with E-state index in [-0.39, 0.29) is 0 Å². The van der Waals surface area contributed by atoms with Crippen molar-refractivity contribution in [1.29, 1.82) is 0 Å². The largest absolute Gasteiger partial charge is 0.294 e. The van der Waals surface area contributed by atoms with E-state index in [0.717, 1.165) is 25.2 Å². The van der Waals surface area contributed by atoms with Crippen LogP contribution in [0.15, 0.2) is 41.4 Å². The minimum Gasteiger partial charge on any atom is -0.294 e. The van der Waals surface area contributed by atoms with Crippen LogP contribution in [0.25, 0.3) is 0 Å². The normalized spacial score (nSPS) is 12.1. The van der Waals surface area contributed by atoms with Gasteiger partial charge in [0, 0.05) is 31.0 Å². The molecule has 1 aromatic carbocycles. The number of hydrogen-bond donors (Lipinski definition) is 0. The lowest BCUT2D eigenvalue weighted by Crippen LogP contribution is -2.27. The maximum Gasteiger partial charge on any atom is 0.0351 e. The van der Waals surface area contributed by atoms with Gasteiger partial charge in [0.2, 0.25) is 0 Å². The smallest absolute Gasteiger partial charge is 0.0351 e. The van der Waals surface area contributed by atoms with Crippen LogP contribution >= 0.6 is 23.2 Å². The molecule has 0 radical (unpaired) electrons. The maximum atomic E-state index is 5.80. The molecule has 16 heavy (non-hydrogen) atoms. The zero-order valence-electron chi connectivity index (χ0n) is 9.50. The zero-order valence-corrected chi connectivity index (χ0v) is 11.0. The van der Waals surface area contributed by atoms with Crippen molar-refractivity contribution in [1.82, 2.24) is 4.90 Å². The molecule has 0 fully saturated rings. The Morgan fingerprint density at radius 3 is 2.56 bits per heavy atom. The van der Waals surface area contributed by atoms with Gasteiger partial charge in [-0.15, -0.1) is 11.6 Å². The molecule has 0 unspecified atom stereocenters. The van der Waals surface area contributed by atoms with Crippen LogP contribution in [0.5, 0.6) is 0 Å². The molecule has 0 spiro atoms. The second kappa shape index (κ2) is 7.72. The van der Waals surface area contributed by atoms with Crippen LogP contribution in [0.3, 0.4) is 0 Å². The zero-order chi connectivity index (χ0) is 11.8. The third-order valence-corrected chi connectivity index (χ3v) is 2.85. The molecule has 1 rings (SSSR count). The second-order valence-corrected chi connectivity index (χ2v) is 4.44. The van der Waals surface area contributed by atoms with Crippen LogP contribution < -0.4 is 0 Å². The van der Waals surface area contributed by atoms with Crippen LogP contribution in [0.2, 0.25) is 0 Å². The minimum absolute atomic E-state index is 0.641. The van der Waals surface area contributed by atoms with E-state index >= 15 is 0 Å². The molecule has 1 aromatic rings. The summed E-state index contributed by atoms with van der Waals surface area (Å²) in [7, 11) is 0. The summed E-state index contributed by atoms with van der Waals surface area (Å²) >= 11 is 11.5. The van der Waals surface area contributed by atoms with Gasteiger partial charge in [-0.05, 0) is 18.1 Å². The van der Waals surface area contributed by atoms with Gasteiger partial charge in [-0.2, -0.15) is 0 Å². The van der Waals surface area contributed by atoms with Crippen molar-refractivity contribution in [2.45, 2.75) is 13.5 Å². The highest BCUT2D eigenvalue weighted by Crippen LogP contribution is 2.07. The van der Waals surface area contributed by atoms with Crippen LogP contribution in [0.1, 0.15) is 12.5 Å². The number of halogens is 2. The Hall–Kier alpha value is -0.500. The lowest BCUT2D eigenvalue weighted by atomic mass is 10.2. The molecule has 0 bridgehead atoms. The number of benzene rings is 1. The summed E-state index contributed by atoms with van der Waals surface area (Å²) in [6, 6.07) is 10.4. The molecular formula is C13H17Cl2N. The molecule has 1 nitrogen and oxygen atoms in total. The summed E-state index contributed by atoms with van der Waals surface area (Å²) in [5.41, 5.74) is 4.09. The van der Waals surface area contributed by atoms with E-state index in [0.29, 0.717) is 5.88 Å². The monoisotopic (exact) mass is 257 g/mol. The van der Waals surface area contributed by atoms with E-state index in [4.69, 9.17) is 23.2 Å². The minimum atomic E-state index is 0.641. The Bertz CT molecular complexity index is 322. The standard InChI is InChI=1S/C13H17Cl2N/c1-12(9-15)10-16(8-7-14)11-13-5-3-2-4-6-13/h2-6,9H,7-8,10-11H2,1H3/b12-9-. The average molecular weight is 258 g/mol. The van der Waals surface area contributed by atoms with E-state index in [1.165, 1.54) is 5.56 Å². The molecule has 0 N–H and O–H groups in total. The highest BCUT2D eigenvalue weighted by atomic mass is 35.5. The molecule has 0 heterocycles. The van der Waals surface area contributed by atoms with Crippen LogP contribution in [-0.4, -0.2) is 23.9 Å². The van der Waals surface area contributed by atoms with Crippen molar-refractivity contribution in [3.05, 3.63) is 47.0 Å². The first-order valence-electron chi connectivity index (χ1n) is 5.34. The van der Waals surface area contributed by atoms with Crippen molar-refractivity contribution in [2.24, 2.45) is 0 Å². The molecule has 0 amide bonds. The van der Waals surface area contributed by atoms with Gasteiger partial charge < -0.3 is 0 Å². The predicted octanol–water partition coefficient (Wildman–Crippen LogP) is 3.87. The fourth-order valence-electron chi connectivity index (χ4n) is 1.56. The first kappa shape index (κ1) is 13.6. The Morgan fingerprint density at radius 2 is 2.00 bits per heavy atom. The summed E-state index contributed by atoms with van der Waals surface area (Å²) in [6.07, 6.45) is 0. The van der Waals surface area contributed by atoms with Gasteiger partial charge in [-0.3, -0.25) is 4.90 Å². The third kappa shape index (κ3) is 5.02. The molecule has 0 saturated heterocycles. The summed E-state index contributed by atoms with van der Waals surface area (Å²) in [6.45, 7) is 4.68. The van der Waals surface area contributed by atoms with Gasteiger partial charge in [-0.25, -0.2) is 0 Å². The summed E-state index contributed by atoms with van der Waals surface area (Å²) in [4.78, 5) is 2.29. The van der Waals surface area contributed by atoms with E-state index in [1.54, 1.807) is 5.54 Å².